The van der Waals surface area contributed by atoms with Gasteiger partial charge in [0.2, 0.25) is 0 Å². The molecule has 5 heteroatoms. The smallest absolute Gasteiger partial charge is 0.323 e. The zero-order valence-corrected chi connectivity index (χ0v) is 12.3. The second kappa shape index (κ2) is 6.95. The largest absolute Gasteiger partial charge is 0.480 e. The molecule has 0 amide bonds. The summed E-state index contributed by atoms with van der Waals surface area (Å²) in [6.45, 7) is -0.0125. The highest BCUT2D eigenvalue weighted by atomic mass is 35.5. The van der Waals surface area contributed by atoms with Gasteiger partial charge in [-0.05, 0) is 43.9 Å². The lowest BCUT2D eigenvalue weighted by atomic mass is 9.91. The number of anilines is 1. The molecule has 1 aromatic carbocycles. The number of hydrogen-bond donors (Lipinski definition) is 1. The number of benzene rings is 1. The van der Waals surface area contributed by atoms with Gasteiger partial charge >= 0.3 is 5.97 Å². The van der Waals surface area contributed by atoms with Gasteiger partial charge in [0.1, 0.15) is 6.54 Å². The van der Waals surface area contributed by atoms with Gasteiger partial charge in [0.05, 0.1) is 6.10 Å². The highest BCUT2D eigenvalue weighted by molar-refractivity contribution is 6.30. The number of ether oxygens (including phenoxy) is 1. The fourth-order valence-electron chi connectivity index (χ4n) is 2.85. The van der Waals surface area contributed by atoms with Crippen LogP contribution in [0.25, 0.3) is 0 Å². The molecule has 0 saturated heterocycles. The number of carboxylic acid groups (broad SMARTS) is 1. The normalized spacial score (nSPS) is 22.5. The van der Waals surface area contributed by atoms with Crippen molar-refractivity contribution in [3.05, 3.63) is 29.3 Å². The van der Waals surface area contributed by atoms with E-state index >= 15 is 0 Å². The van der Waals surface area contributed by atoms with Crippen molar-refractivity contribution in [3.63, 3.8) is 0 Å². The average molecular weight is 298 g/mol. The molecule has 1 aromatic rings. The van der Waals surface area contributed by atoms with E-state index in [9.17, 15) is 4.79 Å². The second-order valence-electron chi connectivity index (χ2n) is 5.18. The van der Waals surface area contributed by atoms with Crippen LogP contribution in [0.2, 0.25) is 5.02 Å². The molecule has 20 heavy (non-hydrogen) atoms. The lowest BCUT2D eigenvalue weighted by molar-refractivity contribution is -0.135. The van der Waals surface area contributed by atoms with Crippen molar-refractivity contribution >= 4 is 23.3 Å². The van der Waals surface area contributed by atoms with Gasteiger partial charge in [0.25, 0.3) is 0 Å². The third-order valence-corrected chi connectivity index (χ3v) is 4.05. The van der Waals surface area contributed by atoms with Crippen LogP contribution in [0.5, 0.6) is 0 Å². The Morgan fingerprint density at radius 2 is 2.30 bits per heavy atom. The first-order valence-electron chi connectivity index (χ1n) is 6.87. The lowest BCUT2D eigenvalue weighted by Gasteiger charge is -2.37. The zero-order chi connectivity index (χ0) is 14.5. The molecule has 0 aromatic heterocycles. The van der Waals surface area contributed by atoms with Gasteiger partial charge in [-0.15, -0.1) is 0 Å². The molecule has 2 unspecified atom stereocenters. The van der Waals surface area contributed by atoms with E-state index < -0.39 is 5.97 Å². The van der Waals surface area contributed by atoms with Gasteiger partial charge in [-0.1, -0.05) is 17.7 Å². The number of hydrogen-bond acceptors (Lipinski definition) is 3. The van der Waals surface area contributed by atoms with Crippen LogP contribution in [0.3, 0.4) is 0 Å². The Balaban J connectivity index is 2.20. The van der Waals surface area contributed by atoms with Gasteiger partial charge in [-0.3, -0.25) is 4.79 Å². The standard InChI is InChI=1S/C15H20ClNO3/c1-20-14-7-3-6-13(9-14)17(10-15(18)19)12-5-2-4-11(16)8-12/h2,4-5,8,13-14H,3,6-7,9-10H2,1H3,(H,18,19). The van der Waals surface area contributed by atoms with E-state index in [2.05, 4.69) is 0 Å². The Kier molecular flexibility index (Phi) is 5.26. The quantitative estimate of drug-likeness (QED) is 0.907. The Hall–Kier alpha value is -1.26. The molecule has 0 aliphatic heterocycles. The van der Waals surface area contributed by atoms with E-state index in [0.29, 0.717) is 5.02 Å². The molecule has 1 fully saturated rings. The summed E-state index contributed by atoms with van der Waals surface area (Å²) in [5, 5.41) is 9.78. The summed E-state index contributed by atoms with van der Waals surface area (Å²) in [6.07, 6.45) is 4.16. The summed E-state index contributed by atoms with van der Waals surface area (Å²) >= 11 is 6.02. The van der Waals surface area contributed by atoms with Crippen LogP contribution in [-0.2, 0) is 9.53 Å². The van der Waals surface area contributed by atoms with E-state index in [1.165, 1.54) is 0 Å². The van der Waals surface area contributed by atoms with Gasteiger partial charge in [0, 0.05) is 23.9 Å². The molecular formula is C15H20ClNO3. The van der Waals surface area contributed by atoms with Gasteiger partial charge in [0.15, 0.2) is 0 Å². The van der Waals surface area contributed by atoms with E-state index in [0.717, 1.165) is 31.4 Å². The van der Waals surface area contributed by atoms with Crippen molar-refractivity contribution in [1.82, 2.24) is 0 Å². The third-order valence-electron chi connectivity index (χ3n) is 3.82. The highest BCUT2D eigenvalue weighted by Gasteiger charge is 2.28. The predicted octanol–water partition coefficient (Wildman–Crippen LogP) is 3.19. The third kappa shape index (κ3) is 3.87. The monoisotopic (exact) mass is 297 g/mol. The van der Waals surface area contributed by atoms with E-state index in [1.807, 2.05) is 23.1 Å². The second-order valence-corrected chi connectivity index (χ2v) is 5.62. The number of rotatable bonds is 5. The van der Waals surface area contributed by atoms with Crippen molar-refractivity contribution in [2.75, 3.05) is 18.6 Å². The summed E-state index contributed by atoms with van der Waals surface area (Å²) < 4.78 is 5.44. The molecule has 0 heterocycles. The molecule has 0 spiro atoms. The van der Waals surface area contributed by atoms with E-state index in [4.69, 9.17) is 21.4 Å². The first-order valence-corrected chi connectivity index (χ1v) is 7.24. The number of nitrogens with zero attached hydrogens (tertiary/aromatic N) is 1. The maximum absolute atomic E-state index is 11.2. The zero-order valence-electron chi connectivity index (χ0n) is 11.6. The van der Waals surface area contributed by atoms with E-state index in [-0.39, 0.29) is 18.7 Å². The molecule has 1 aliphatic carbocycles. The van der Waals surface area contributed by atoms with Crippen LogP contribution in [0.15, 0.2) is 24.3 Å². The van der Waals surface area contributed by atoms with Crippen molar-refractivity contribution in [1.29, 1.82) is 0 Å². The Morgan fingerprint density at radius 1 is 1.50 bits per heavy atom. The molecule has 4 nitrogen and oxygen atoms in total. The van der Waals surface area contributed by atoms with Crippen LogP contribution in [0, 0.1) is 0 Å². The number of carbonyl (C=O) groups is 1. The molecule has 1 saturated carbocycles. The molecule has 2 atom stereocenters. The van der Waals surface area contributed by atoms with Gasteiger partial charge in [-0.25, -0.2) is 0 Å². The lowest BCUT2D eigenvalue weighted by Crippen LogP contribution is -2.43. The Morgan fingerprint density at radius 3 is 2.95 bits per heavy atom. The number of carboxylic acids is 1. The summed E-state index contributed by atoms with van der Waals surface area (Å²) in [5.74, 6) is -0.829. The molecule has 1 aliphatic rings. The topological polar surface area (TPSA) is 49.8 Å². The Bertz CT molecular complexity index is 466. The van der Waals surface area contributed by atoms with Crippen LogP contribution >= 0.6 is 11.6 Å². The number of halogens is 1. The average Bonchev–Trinajstić information content (AvgIpc) is 2.44. The molecular weight excluding hydrogens is 278 g/mol. The van der Waals surface area contributed by atoms with Crippen molar-refractivity contribution < 1.29 is 14.6 Å². The van der Waals surface area contributed by atoms with Gasteiger partial charge in [-0.2, -0.15) is 0 Å². The maximum Gasteiger partial charge on any atom is 0.323 e. The molecule has 1 N–H and O–H groups in total. The minimum atomic E-state index is -0.829. The molecule has 2 rings (SSSR count). The van der Waals surface area contributed by atoms with Gasteiger partial charge < -0.3 is 14.7 Å². The van der Waals surface area contributed by atoms with Crippen LogP contribution in [-0.4, -0.2) is 36.9 Å². The highest BCUT2D eigenvalue weighted by Crippen LogP contribution is 2.29. The van der Waals surface area contributed by atoms with Crippen molar-refractivity contribution in [3.8, 4) is 0 Å². The first-order chi connectivity index (χ1) is 9.60. The summed E-state index contributed by atoms with van der Waals surface area (Å²) in [4.78, 5) is 13.1. The fraction of sp³-hybridized carbons (Fsp3) is 0.533. The minimum Gasteiger partial charge on any atom is -0.480 e. The molecule has 0 bridgehead atoms. The number of aliphatic carboxylic acids is 1. The molecule has 0 radical (unpaired) electrons. The SMILES string of the molecule is COC1CCCC(N(CC(=O)O)c2cccc(Cl)c2)C1. The molecule has 110 valence electrons. The maximum atomic E-state index is 11.2. The van der Waals surface area contributed by atoms with Crippen LogP contribution in [0.4, 0.5) is 5.69 Å². The van der Waals surface area contributed by atoms with Crippen LogP contribution < -0.4 is 4.90 Å². The van der Waals surface area contributed by atoms with Crippen molar-refractivity contribution in [2.45, 2.75) is 37.8 Å². The summed E-state index contributed by atoms with van der Waals surface area (Å²) in [6, 6.07) is 7.56. The number of methoxy groups -OCH3 is 1. The predicted molar refractivity (Wildman–Crippen MR) is 79.5 cm³/mol. The van der Waals surface area contributed by atoms with Crippen LogP contribution in [0.1, 0.15) is 25.7 Å². The van der Waals surface area contributed by atoms with E-state index in [1.54, 1.807) is 13.2 Å². The fourth-order valence-corrected chi connectivity index (χ4v) is 3.03. The first kappa shape index (κ1) is 15.1. The Labute approximate surface area is 124 Å². The summed E-state index contributed by atoms with van der Waals surface area (Å²) in [5.41, 5.74) is 0.863. The summed E-state index contributed by atoms with van der Waals surface area (Å²) in [7, 11) is 1.72. The minimum absolute atomic E-state index is 0.0125. The van der Waals surface area contributed by atoms with Crippen molar-refractivity contribution in [2.24, 2.45) is 0 Å².